The molecule has 6 nitrogen and oxygen atoms in total. The molecule has 1 atom stereocenters. The molecule has 0 aliphatic carbocycles. The van der Waals surface area contributed by atoms with E-state index in [9.17, 15) is 9.59 Å². The summed E-state index contributed by atoms with van der Waals surface area (Å²) in [6.07, 6.45) is 0. The number of rotatable bonds is 7. The van der Waals surface area contributed by atoms with Gasteiger partial charge in [0, 0.05) is 17.1 Å². The van der Waals surface area contributed by atoms with Crippen LogP contribution in [0.3, 0.4) is 0 Å². The summed E-state index contributed by atoms with van der Waals surface area (Å²) in [4.78, 5) is 34.0. The highest BCUT2D eigenvalue weighted by molar-refractivity contribution is 6.30. The molecule has 1 unspecified atom stereocenters. The van der Waals surface area contributed by atoms with E-state index >= 15 is 0 Å². The zero-order chi connectivity index (χ0) is 25.1. The van der Waals surface area contributed by atoms with Crippen LogP contribution in [0, 0.1) is 5.92 Å². The lowest BCUT2D eigenvalue weighted by molar-refractivity contribution is 0.0655. The van der Waals surface area contributed by atoms with E-state index in [4.69, 9.17) is 21.3 Å². The molecule has 180 valence electrons. The lowest BCUT2D eigenvalue weighted by atomic mass is 10.1. The molecular formula is C28H28ClN3O3. The number of aromatic nitrogens is 2. The second-order valence-electron chi connectivity index (χ2n) is 8.86. The van der Waals surface area contributed by atoms with Crippen LogP contribution in [-0.2, 0) is 0 Å². The van der Waals surface area contributed by atoms with Crippen LogP contribution in [-0.4, -0.2) is 34.0 Å². The zero-order valence-electron chi connectivity index (χ0n) is 20.2. The second-order valence-corrected chi connectivity index (χ2v) is 9.30. The average Bonchev–Trinajstić information content (AvgIpc) is 2.87. The van der Waals surface area contributed by atoms with Gasteiger partial charge < -0.3 is 9.64 Å². The molecule has 0 radical (unpaired) electrons. The maximum Gasteiger partial charge on any atom is 0.266 e. The minimum Gasteiger partial charge on any atom is -0.497 e. The Labute approximate surface area is 209 Å². The van der Waals surface area contributed by atoms with Crippen molar-refractivity contribution in [3.8, 4) is 11.4 Å². The van der Waals surface area contributed by atoms with Gasteiger partial charge in [0.05, 0.1) is 29.7 Å². The quantitative estimate of drug-likeness (QED) is 0.324. The fraction of sp³-hybridized carbons (Fsp3) is 0.250. The molecule has 0 aliphatic heterocycles. The van der Waals surface area contributed by atoms with Crippen molar-refractivity contribution in [1.82, 2.24) is 14.5 Å². The van der Waals surface area contributed by atoms with Gasteiger partial charge in [0.2, 0.25) is 0 Å². The number of benzene rings is 3. The number of hydrogen-bond acceptors (Lipinski definition) is 4. The fourth-order valence-electron chi connectivity index (χ4n) is 4.12. The first-order chi connectivity index (χ1) is 16.8. The Morgan fingerprint density at radius 1 is 1.00 bits per heavy atom. The van der Waals surface area contributed by atoms with E-state index in [0.717, 1.165) is 0 Å². The van der Waals surface area contributed by atoms with Crippen LogP contribution in [0.15, 0.2) is 77.6 Å². The van der Waals surface area contributed by atoms with Crippen molar-refractivity contribution in [2.75, 3.05) is 13.7 Å². The third-order valence-electron chi connectivity index (χ3n) is 5.89. The van der Waals surface area contributed by atoms with Crippen molar-refractivity contribution in [3.05, 3.63) is 99.6 Å². The van der Waals surface area contributed by atoms with Crippen molar-refractivity contribution in [2.45, 2.75) is 26.8 Å². The van der Waals surface area contributed by atoms with E-state index in [-0.39, 0.29) is 17.4 Å². The number of nitrogens with zero attached hydrogens (tertiary/aromatic N) is 3. The Hall–Kier alpha value is -3.64. The summed E-state index contributed by atoms with van der Waals surface area (Å²) in [5.74, 6) is 1.23. The minimum atomic E-state index is -0.486. The van der Waals surface area contributed by atoms with E-state index < -0.39 is 6.04 Å². The first kappa shape index (κ1) is 24.5. The van der Waals surface area contributed by atoms with Gasteiger partial charge in [-0.1, -0.05) is 37.6 Å². The molecule has 0 saturated carbocycles. The Balaban J connectivity index is 1.88. The van der Waals surface area contributed by atoms with Gasteiger partial charge in [-0.15, -0.1) is 0 Å². The molecule has 1 heterocycles. The topological polar surface area (TPSA) is 64.4 Å². The minimum absolute atomic E-state index is 0.140. The first-order valence-corrected chi connectivity index (χ1v) is 11.9. The summed E-state index contributed by atoms with van der Waals surface area (Å²) in [5.41, 5.74) is 1.58. The second kappa shape index (κ2) is 10.3. The third kappa shape index (κ3) is 5.08. The Morgan fingerprint density at radius 2 is 1.66 bits per heavy atom. The van der Waals surface area contributed by atoms with Crippen LogP contribution < -0.4 is 10.3 Å². The number of carbonyl (C=O) groups excluding carboxylic acids is 1. The number of ether oxygens (including phenoxy) is 1. The van der Waals surface area contributed by atoms with E-state index in [1.807, 2.05) is 25.1 Å². The predicted octanol–water partition coefficient (Wildman–Crippen LogP) is 5.91. The molecule has 0 saturated heterocycles. The number of amides is 1. The number of methoxy groups -OCH3 is 1. The van der Waals surface area contributed by atoms with Gasteiger partial charge >= 0.3 is 0 Å². The molecule has 7 heteroatoms. The highest BCUT2D eigenvalue weighted by atomic mass is 35.5. The lowest BCUT2D eigenvalue weighted by Crippen LogP contribution is -2.39. The number of hydrogen-bond donors (Lipinski definition) is 0. The SMILES string of the molecule is COc1ccc(C(=O)N(CC(C)C)C(C)c2nc3ccccc3c(=O)n2-c2ccc(Cl)cc2)cc1. The van der Waals surface area contributed by atoms with Gasteiger partial charge in [0.25, 0.3) is 11.5 Å². The molecule has 0 aliphatic rings. The van der Waals surface area contributed by atoms with E-state index in [0.29, 0.717) is 45.3 Å². The molecule has 0 spiro atoms. The summed E-state index contributed by atoms with van der Waals surface area (Å²) >= 11 is 6.11. The standard InChI is InChI=1S/C28H28ClN3O3/c1-18(2)17-31(27(33)20-9-15-23(35-4)16-10-20)19(3)26-30-25-8-6-5-7-24(25)28(34)32(26)22-13-11-21(29)12-14-22/h5-16,18-19H,17H2,1-4H3. The molecule has 4 rings (SSSR count). The maximum atomic E-state index is 13.7. The lowest BCUT2D eigenvalue weighted by Gasteiger charge is -2.32. The van der Waals surface area contributed by atoms with E-state index in [1.54, 1.807) is 71.2 Å². The molecule has 1 amide bonds. The van der Waals surface area contributed by atoms with Crippen molar-refractivity contribution >= 4 is 28.4 Å². The maximum absolute atomic E-state index is 13.7. The average molecular weight is 490 g/mol. The number of fused-ring (bicyclic) bond motifs is 1. The van der Waals surface area contributed by atoms with Gasteiger partial charge in [0.15, 0.2) is 0 Å². The first-order valence-electron chi connectivity index (χ1n) is 11.5. The van der Waals surface area contributed by atoms with Gasteiger partial charge in [-0.05, 0) is 73.5 Å². The molecular weight excluding hydrogens is 462 g/mol. The summed E-state index contributed by atoms with van der Waals surface area (Å²) < 4.78 is 6.82. The third-order valence-corrected chi connectivity index (χ3v) is 6.14. The molecule has 0 fully saturated rings. The number of halogens is 1. The van der Waals surface area contributed by atoms with Crippen LogP contribution in [0.25, 0.3) is 16.6 Å². The van der Waals surface area contributed by atoms with Crippen LogP contribution in [0.2, 0.25) is 5.02 Å². The Morgan fingerprint density at radius 3 is 2.29 bits per heavy atom. The van der Waals surface area contributed by atoms with Crippen LogP contribution in [0.5, 0.6) is 5.75 Å². The monoisotopic (exact) mass is 489 g/mol. The largest absolute Gasteiger partial charge is 0.497 e. The molecule has 1 aromatic heterocycles. The summed E-state index contributed by atoms with van der Waals surface area (Å²) in [7, 11) is 1.59. The van der Waals surface area contributed by atoms with Crippen molar-refractivity contribution in [1.29, 1.82) is 0 Å². The highest BCUT2D eigenvalue weighted by Crippen LogP contribution is 2.26. The highest BCUT2D eigenvalue weighted by Gasteiger charge is 2.28. The number of para-hydroxylation sites is 1. The molecule has 35 heavy (non-hydrogen) atoms. The Bertz CT molecular complexity index is 1400. The molecule has 3 aromatic carbocycles. The molecule has 4 aromatic rings. The summed E-state index contributed by atoms with van der Waals surface area (Å²) in [6.45, 7) is 6.52. The summed E-state index contributed by atoms with van der Waals surface area (Å²) in [5, 5.41) is 1.08. The fourth-order valence-corrected chi connectivity index (χ4v) is 4.24. The van der Waals surface area contributed by atoms with Crippen molar-refractivity contribution < 1.29 is 9.53 Å². The van der Waals surface area contributed by atoms with E-state index in [2.05, 4.69) is 13.8 Å². The normalized spacial score (nSPS) is 12.1. The van der Waals surface area contributed by atoms with Crippen LogP contribution in [0.1, 0.15) is 43.0 Å². The van der Waals surface area contributed by atoms with Crippen molar-refractivity contribution in [2.24, 2.45) is 5.92 Å². The zero-order valence-corrected chi connectivity index (χ0v) is 21.0. The smallest absolute Gasteiger partial charge is 0.266 e. The van der Waals surface area contributed by atoms with E-state index in [1.165, 1.54) is 0 Å². The molecule has 0 N–H and O–H groups in total. The number of carbonyl (C=O) groups is 1. The van der Waals surface area contributed by atoms with Gasteiger partial charge in [0.1, 0.15) is 11.6 Å². The predicted molar refractivity (Wildman–Crippen MR) is 140 cm³/mol. The van der Waals surface area contributed by atoms with Crippen LogP contribution >= 0.6 is 11.6 Å². The van der Waals surface area contributed by atoms with Crippen molar-refractivity contribution in [3.63, 3.8) is 0 Å². The van der Waals surface area contributed by atoms with Gasteiger partial charge in [-0.3, -0.25) is 14.2 Å². The van der Waals surface area contributed by atoms with Crippen LogP contribution in [0.4, 0.5) is 0 Å². The van der Waals surface area contributed by atoms with Gasteiger partial charge in [-0.25, -0.2) is 4.98 Å². The summed E-state index contributed by atoms with van der Waals surface area (Å²) in [6, 6.07) is 20.8. The Kier molecular flexibility index (Phi) is 7.22. The van der Waals surface area contributed by atoms with Gasteiger partial charge in [-0.2, -0.15) is 0 Å². The molecule has 0 bridgehead atoms.